The molecule has 1 aliphatic heterocycles. The fourth-order valence-corrected chi connectivity index (χ4v) is 3.56. The van der Waals surface area contributed by atoms with Gasteiger partial charge in [-0.2, -0.15) is 0 Å². The molecule has 3 heteroatoms. The molecule has 0 unspecified atom stereocenters. The molecule has 0 aromatic heterocycles. The van der Waals surface area contributed by atoms with Gasteiger partial charge in [0.1, 0.15) is 0 Å². The highest BCUT2D eigenvalue weighted by Crippen LogP contribution is 2.34. The molecule has 0 amide bonds. The lowest BCUT2D eigenvalue weighted by Crippen LogP contribution is -2.69. The van der Waals surface area contributed by atoms with Crippen molar-refractivity contribution in [3.05, 3.63) is 0 Å². The Hall–Kier alpha value is -0.120. The molecule has 2 fully saturated rings. The molecule has 0 aromatic carbocycles. The SMILES string of the molecule is CC(C)(C)OCCN1CC2(CCCCC2)NCC1(C)C. The Labute approximate surface area is 125 Å². The Morgan fingerprint density at radius 2 is 1.75 bits per heavy atom. The summed E-state index contributed by atoms with van der Waals surface area (Å²) in [6.45, 7) is 15.3. The van der Waals surface area contributed by atoms with Gasteiger partial charge in [-0.05, 0) is 47.5 Å². The molecule has 0 atom stereocenters. The number of nitrogens with one attached hydrogen (secondary N) is 1. The molecule has 1 spiro atoms. The lowest BCUT2D eigenvalue weighted by Gasteiger charge is -2.53. The molecular formula is C17H34N2O. The van der Waals surface area contributed by atoms with Crippen molar-refractivity contribution in [1.82, 2.24) is 10.2 Å². The summed E-state index contributed by atoms with van der Waals surface area (Å²) in [7, 11) is 0. The maximum Gasteiger partial charge on any atom is 0.0600 e. The van der Waals surface area contributed by atoms with E-state index in [0.29, 0.717) is 5.54 Å². The molecule has 118 valence electrons. The summed E-state index contributed by atoms with van der Waals surface area (Å²) in [5, 5.41) is 3.88. The van der Waals surface area contributed by atoms with Crippen LogP contribution in [0.3, 0.4) is 0 Å². The van der Waals surface area contributed by atoms with Crippen LogP contribution in [-0.2, 0) is 4.74 Å². The van der Waals surface area contributed by atoms with Crippen LogP contribution in [0.1, 0.15) is 66.7 Å². The van der Waals surface area contributed by atoms with Crippen LogP contribution in [0.2, 0.25) is 0 Å². The fourth-order valence-electron chi connectivity index (χ4n) is 3.56. The molecular weight excluding hydrogens is 248 g/mol. The second kappa shape index (κ2) is 5.94. The Balaban J connectivity index is 1.93. The van der Waals surface area contributed by atoms with Crippen molar-refractivity contribution in [2.45, 2.75) is 83.4 Å². The van der Waals surface area contributed by atoms with Crippen LogP contribution >= 0.6 is 0 Å². The smallest absolute Gasteiger partial charge is 0.0600 e. The van der Waals surface area contributed by atoms with Crippen molar-refractivity contribution >= 4 is 0 Å². The minimum absolute atomic E-state index is 0.0271. The van der Waals surface area contributed by atoms with E-state index in [1.165, 1.54) is 38.6 Å². The molecule has 2 rings (SSSR count). The van der Waals surface area contributed by atoms with E-state index in [4.69, 9.17) is 4.74 Å². The van der Waals surface area contributed by atoms with Gasteiger partial charge in [0, 0.05) is 30.7 Å². The van der Waals surface area contributed by atoms with Gasteiger partial charge < -0.3 is 10.1 Å². The van der Waals surface area contributed by atoms with Crippen LogP contribution < -0.4 is 5.32 Å². The van der Waals surface area contributed by atoms with Gasteiger partial charge in [0.05, 0.1) is 12.2 Å². The molecule has 0 bridgehead atoms. The topological polar surface area (TPSA) is 24.5 Å². The van der Waals surface area contributed by atoms with Crippen molar-refractivity contribution < 1.29 is 4.74 Å². The lowest BCUT2D eigenvalue weighted by molar-refractivity contribution is -0.0465. The van der Waals surface area contributed by atoms with E-state index in [1.807, 2.05) is 0 Å². The van der Waals surface area contributed by atoms with Crippen molar-refractivity contribution in [2.24, 2.45) is 0 Å². The zero-order chi connectivity index (χ0) is 14.9. The van der Waals surface area contributed by atoms with E-state index in [1.54, 1.807) is 0 Å². The zero-order valence-corrected chi connectivity index (χ0v) is 14.2. The van der Waals surface area contributed by atoms with Crippen molar-refractivity contribution in [2.75, 3.05) is 26.2 Å². The maximum atomic E-state index is 5.94. The summed E-state index contributed by atoms with van der Waals surface area (Å²) >= 11 is 0. The third-order valence-corrected chi connectivity index (χ3v) is 4.95. The molecule has 1 saturated carbocycles. The van der Waals surface area contributed by atoms with E-state index in [-0.39, 0.29) is 11.1 Å². The first-order chi connectivity index (χ1) is 9.23. The lowest BCUT2D eigenvalue weighted by atomic mass is 9.78. The molecule has 3 nitrogen and oxygen atoms in total. The minimum atomic E-state index is -0.0271. The van der Waals surface area contributed by atoms with Crippen LogP contribution in [0.4, 0.5) is 0 Å². The van der Waals surface area contributed by atoms with E-state index in [9.17, 15) is 0 Å². The fraction of sp³-hybridized carbons (Fsp3) is 1.00. The largest absolute Gasteiger partial charge is 0.375 e. The average molecular weight is 282 g/mol. The standard InChI is InChI=1S/C17H34N2O/c1-15(2,3)20-12-11-19-14-17(9-7-6-8-10-17)18-13-16(19,4)5/h18H,6-14H2,1-5H3. The quantitative estimate of drug-likeness (QED) is 0.860. The predicted molar refractivity (Wildman–Crippen MR) is 85.2 cm³/mol. The first-order valence-corrected chi connectivity index (χ1v) is 8.37. The van der Waals surface area contributed by atoms with Gasteiger partial charge in [-0.15, -0.1) is 0 Å². The van der Waals surface area contributed by atoms with Crippen LogP contribution in [0, 0.1) is 0 Å². The third kappa shape index (κ3) is 4.19. The van der Waals surface area contributed by atoms with Gasteiger partial charge in [-0.3, -0.25) is 4.90 Å². The molecule has 2 aliphatic rings. The van der Waals surface area contributed by atoms with E-state index in [0.717, 1.165) is 19.7 Å². The summed E-state index contributed by atoms with van der Waals surface area (Å²) < 4.78 is 5.94. The first kappa shape index (κ1) is 16.3. The Morgan fingerprint density at radius 3 is 2.35 bits per heavy atom. The molecule has 0 radical (unpaired) electrons. The summed E-state index contributed by atoms with van der Waals surface area (Å²) in [6, 6.07) is 0. The molecule has 1 saturated heterocycles. The predicted octanol–water partition coefficient (Wildman–Crippen LogP) is 3.19. The van der Waals surface area contributed by atoms with Gasteiger partial charge in [0.15, 0.2) is 0 Å². The van der Waals surface area contributed by atoms with Crippen molar-refractivity contribution in [1.29, 1.82) is 0 Å². The van der Waals surface area contributed by atoms with E-state index >= 15 is 0 Å². The number of hydrogen-bond acceptors (Lipinski definition) is 3. The summed E-state index contributed by atoms with van der Waals surface area (Å²) in [6.07, 6.45) is 6.89. The van der Waals surface area contributed by atoms with E-state index in [2.05, 4.69) is 44.8 Å². The second-order valence-corrected chi connectivity index (χ2v) is 8.39. The highest BCUT2D eigenvalue weighted by molar-refractivity contribution is 5.03. The summed E-state index contributed by atoms with van der Waals surface area (Å²) in [5.74, 6) is 0. The van der Waals surface area contributed by atoms with Gasteiger partial charge in [-0.1, -0.05) is 19.3 Å². The number of rotatable bonds is 3. The molecule has 20 heavy (non-hydrogen) atoms. The van der Waals surface area contributed by atoms with E-state index < -0.39 is 0 Å². The van der Waals surface area contributed by atoms with Crippen LogP contribution in [0.5, 0.6) is 0 Å². The molecule has 1 heterocycles. The highest BCUT2D eigenvalue weighted by Gasteiger charge is 2.42. The zero-order valence-electron chi connectivity index (χ0n) is 14.2. The Kier molecular flexibility index (Phi) is 4.83. The average Bonchev–Trinajstić information content (AvgIpc) is 2.34. The van der Waals surface area contributed by atoms with Crippen LogP contribution in [0.15, 0.2) is 0 Å². The summed E-state index contributed by atoms with van der Waals surface area (Å²) in [5.41, 5.74) is 0.597. The van der Waals surface area contributed by atoms with Crippen LogP contribution in [-0.4, -0.2) is 47.8 Å². The van der Waals surface area contributed by atoms with Gasteiger partial charge in [-0.25, -0.2) is 0 Å². The number of nitrogens with zero attached hydrogens (tertiary/aromatic N) is 1. The molecule has 0 aromatic rings. The summed E-state index contributed by atoms with van der Waals surface area (Å²) in [4.78, 5) is 2.65. The monoisotopic (exact) mass is 282 g/mol. The van der Waals surface area contributed by atoms with Crippen molar-refractivity contribution in [3.8, 4) is 0 Å². The molecule has 1 aliphatic carbocycles. The number of ether oxygens (including phenoxy) is 1. The normalized spacial score (nSPS) is 26.9. The number of piperazine rings is 1. The Morgan fingerprint density at radius 1 is 1.10 bits per heavy atom. The third-order valence-electron chi connectivity index (χ3n) is 4.95. The number of hydrogen-bond donors (Lipinski definition) is 1. The van der Waals surface area contributed by atoms with Gasteiger partial charge in [0.25, 0.3) is 0 Å². The second-order valence-electron chi connectivity index (χ2n) is 8.39. The minimum Gasteiger partial charge on any atom is -0.375 e. The van der Waals surface area contributed by atoms with Crippen LogP contribution in [0.25, 0.3) is 0 Å². The van der Waals surface area contributed by atoms with Gasteiger partial charge >= 0.3 is 0 Å². The maximum absolute atomic E-state index is 5.94. The molecule has 1 N–H and O–H groups in total. The van der Waals surface area contributed by atoms with Gasteiger partial charge in [0.2, 0.25) is 0 Å². The first-order valence-electron chi connectivity index (χ1n) is 8.37. The Bertz CT molecular complexity index is 313. The highest BCUT2D eigenvalue weighted by atomic mass is 16.5. The van der Waals surface area contributed by atoms with Crippen molar-refractivity contribution in [3.63, 3.8) is 0 Å².